The molecule has 0 atom stereocenters. The highest BCUT2D eigenvalue weighted by Gasteiger charge is 2.06. The van der Waals surface area contributed by atoms with E-state index in [1.54, 1.807) is 13.0 Å². The minimum atomic E-state index is -0.00702. The maximum Gasteiger partial charge on any atom is 0.113 e. The molecule has 0 aromatic heterocycles. The van der Waals surface area contributed by atoms with Gasteiger partial charge in [0, 0.05) is 5.03 Å². The van der Waals surface area contributed by atoms with Crippen LogP contribution >= 0.6 is 11.6 Å². The first-order valence-corrected chi connectivity index (χ1v) is 3.95. The first kappa shape index (κ1) is 10.6. The monoisotopic (exact) mass is 174 g/mol. The van der Waals surface area contributed by atoms with E-state index >= 15 is 0 Å². The summed E-state index contributed by atoms with van der Waals surface area (Å²) in [7, 11) is 0. The predicted octanol–water partition coefficient (Wildman–Crippen LogP) is 3.62. The van der Waals surface area contributed by atoms with Gasteiger partial charge in [0.05, 0.1) is 0 Å². The molecular formula is C9H15ClO. The summed E-state index contributed by atoms with van der Waals surface area (Å²) in [4.78, 5) is 0. The van der Waals surface area contributed by atoms with Gasteiger partial charge in [-0.05, 0) is 24.5 Å². The van der Waals surface area contributed by atoms with Gasteiger partial charge in [0.25, 0.3) is 0 Å². The molecule has 0 aliphatic rings. The van der Waals surface area contributed by atoms with E-state index in [0.29, 0.717) is 5.03 Å². The first-order valence-electron chi connectivity index (χ1n) is 3.57. The lowest BCUT2D eigenvalue weighted by Crippen LogP contribution is -2.00. The SMILES string of the molecule is C/C(Cl)=C\C(O)=C/C(C)(C)C. The van der Waals surface area contributed by atoms with Crippen LogP contribution in [0.15, 0.2) is 22.9 Å². The Morgan fingerprint density at radius 1 is 1.36 bits per heavy atom. The summed E-state index contributed by atoms with van der Waals surface area (Å²) >= 11 is 5.56. The highest BCUT2D eigenvalue weighted by Crippen LogP contribution is 2.17. The minimum Gasteiger partial charge on any atom is -0.508 e. The lowest BCUT2D eigenvalue weighted by molar-refractivity contribution is 0.409. The van der Waals surface area contributed by atoms with Crippen molar-refractivity contribution in [3.63, 3.8) is 0 Å². The second-order valence-corrected chi connectivity index (χ2v) is 4.26. The highest BCUT2D eigenvalue weighted by molar-refractivity contribution is 6.29. The molecule has 0 aromatic carbocycles. The van der Waals surface area contributed by atoms with Crippen molar-refractivity contribution in [2.24, 2.45) is 5.41 Å². The van der Waals surface area contributed by atoms with E-state index in [4.69, 9.17) is 11.6 Å². The summed E-state index contributed by atoms with van der Waals surface area (Å²) in [5.41, 5.74) is -0.00702. The Kier molecular flexibility index (Phi) is 3.67. The average molecular weight is 175 g/mol. The van der Waals surface area contributed by atoms with Gasteiger partial charge < -0.3 is 5.11 Å². The molecule has 11 heavy (non-hydrogen) atoms. The van der Waals surface area contributed by atoms with Crippen molar-refractivity contribution in [1.82, 2.24) is 0 Å². The molecule has 0 aliphatic heterocycles. The van der Waals surface area contributed by atoms with Gasteiger partial charge in [0.1, 0.15) is 5.76 Å². The molecule has 0 heterocycles. The van der Waals surface area contributed by atoms with Gasteiger partial charge in [-0.2, -0.15) is 0 Å². The Bertz CT molecular complexity index is 180. The molecule has 0 aliphatic carbocycles. The molecule has 64 valence electrons. The normalized spacial score (nSPS) is 15.4. The van der Waals surface area contributed by atoms with Gasteiger partial charge in [-0.1, -0.05) is 32.4 Å². The summed E-state index contributed by atoms with van der Waals surface area (Å²) in [6, 6.07) is 0. The van der Waals surface area contributed by atoms with E-state index in [0.717, 1.165) is 0 Å². The molecule has 0 saturated heterocycles. The number of hydrogen-bond acceptors (Lipinski definition) is 1. The molecule has 0 radical (unpaired) electrons. The highest BCUT2D eigenvalue weighted by atomic mass is 35.5. The van der Waals surface area contributed by atoms with E-state index in [-0.39, 0.29) is 11.2 Å². The molecule has 2 heteroatoms. The van der Waals surface area contributed by atoms with Crippen molar-refractivity contribution < 1.29 is 5.11 Å². The molecule has 0 fully saturated rings. The number of aliphatic hydroxyl groups is 1. The second kappa shape index (κ2) is 3.82. The molecule has 0 bridgehead atoms. The number of rotatable bonds is 1. The van der Waals surface area contributed by atoms with Crippen molar-refractivity contribution in [3.8, 4) is 0 Å². The topological polar surface area (TPSA) is 20.2 Å². The Hall–Kier alpha value is -0.430. The quantitative estimate of drug-likeness (QED) is 0.476. The van der Waals surface area contributed by atoms with Gasteiger partial charge in [0.2, 0.25) is 0 Å². The van der Waals surface area contributed by atoms with Crippen molar-refractivity contribution in [3.05, 3.63) is 22.9 Å². The smallest absolute Gasteiger partial charge is 0.113 e. The van der Waals surface area contributed by atoms with Crippen LogP contribution in [0.3, 0.4) is 0 Å². The molecule has 0 aromatic rings. The fourth-order valence-electron chi connectivity index (χ4n) is 0.689. The number of hydrogen-bond donors (Lipinski definition) is 1. The van der Waals surface area contributed by atoms with Crippen LogP contribution in [0.25, 0.3) is 0 Å². The average Bonchev–Trinajstić information content (AvgIpc) is 1.53. The molecule has 0 rings (SSSR count). The van der Waals surface area contributed by atoms with Crippen LogP contribution in [0.4, 0.5) is 0 Å². The molecule has 0 unspecified atom stereocenters. The fourth-order valence-corrected chi connectivity index (χ4v) is 0.801. The number of halogens is 1. The molecule has 0 spiro atoms. The fraction of sp³-hybridized carbons (Fsp3) is 0.556. The van der Waals surface area contributed by atoms with Crippen LogP contribution in [-0.4, -0.2) is 5.11 Å². The Morgan fingerprint density at radius 3 is 2.09 bits per heavy atom. The minimum absolute atomic E-state index is 0.00702. The van der Waals surface area contributed by atoms with E-state index in [1.165, 1.54) is 6.08 Å². The zero-order chi connectivity index (χ0) is 9.07. The van der Waals surface area contributed by atoms with Crippen molar-refractivity contribution >= 4 is 11.6 Å². The Labute approximate surface area is 73.4 Å². The van der Waals surface area contributed by atoms with Crippen molar-refractivity contribution in [1.29, 1.82) is 0 Å². The second-order valence-electron chi connectivity index (χ2n) is 3.67. The van der Waals surface area contributed by atoms with Crippen LogP contribution in [0.2, 0.25) is 0 Å². The third kappa shape index (κ3) is 7.47. The van der Waals surface area contributed by atoms with Gasteiger partial charge in [-0.15, -0.1) is 0 Å². The number of aliphatic hydroxyl groups excluding tert-OH is 1. The lowest BCUT2D eigenvalue weighted by Gasteiger charge is -2.11. The summed E-state index contributed by atoms with van der Waals surface area (Å²) in [6.45, 7) is 7.77. The zero-order valence-electron chi connectivity index (χ0n) is 7.48. The molecule has 1 nitrogen and oxygen atoms in total. The zero-order valence-corrected chi connectivity index (χ0v) is 8.24. The van der Waals surface area contributed by atoms with E-state index in [1.807, 2.05) is 20.8 Å². The summed E-state index contributed by atoms with van der Waals surface area (Å²) in [6.07, 6.45) is 3.30. The van der Waals surface area contributed by atoms with Gasteiger partial charge >= 0.3 is 0 Å². The van der Waals surface area contributed by atoms with Gasteiger partial charge in [-0.3, -0.25) is 0 Å². The Balaban J connectivity index is 4.36. The van der Waals surface area contributed by atoms with Crippen LogP contribution in [0, 0.1) is 5.41 Å². The summed E-state index contributed by atoms with van der Waals surface area (Å²) in [5.74, 6) is 0.227. The third-order valence-electron chi connectivity index (χ3n) is 0.928. The van der Waals surface area contributed by atoms with Crippen LogP contribution < -0.4 is 0 Å². The maximum atomic E-state index is 9.26. The maximum absolute atomic E-state index is 9.26. The first-order chi connectivity index (χ1) is 4.81. The largest absolute Gasteiger partial charge is 0.508 e. The molecule has 1 N–H and O–H groups in total. The standard InChI is InChI=1S/C9H15ClO/c1-7(10)5-8(11)6-9(2,3)4/h5-6,11H,1-4H3/b7-5+,8-6+. The van der Waals surface area contributed by atoms with Gasteiger partial charge in [-0.25, -0.2) is 0 Å². The van der Waals surface area contributed by atoms with Gasteiger partial charge in [0.15, 0.2) is 0 Å². The molecule has 0 saturated carbocycles. The lowest BCUT2D eigenvalue weighted by atomic mass is 9.96. The van der Waals surface area contributed by atoms with Crippen LogP contribution in [-0.2, 0) is 0 Å². The van der Waals surface area contributed by atoms with Crippen molar-refractivity contribution in [2.45, 2.75) is 27.7 Å². The van der Waals surface area contributed by atoms with E-state index in [2.05, 4.69) is 0 Å². The molecular weight excluding hydrogens is 160 g/mol. The van der Waals surface area contributed by atoms with E-state index in [9.17, 15) is 5.11 Å². The van der Waals surface area contributed by atoms with Crippen LogP contribution in [0.5, 0.6) is 0 Å². The summed E-state index contributed by atoms with van der Waals surface area (Å²) in [5, 5.41) is 9.84. The third-order valence-corrected chi connectivity index (χ3v) is 1.04. The van der Waals surface area contributed by atoms with Crippen molar-refractivity contribution in [2.75, 3.05) is 0 Å². The van der Waals surface area contributed by atoms with Crippen LogP contribution in [0.1, 0.15) is 27.7 Å². The summed E-state index contributed by atoms with van der Waals surface area (Å²) < 4.78 is 0. The Morgan fingerprint density at radius 2 is 1.82 bits per heavy atom. The molecule has 0 amide bonds. The predicted molar refractivity (Wildman–Crippen MR) is 49.8 cm³/mol. The number of allylic oxidation sites excluding steroid dienone is 3. The van der Waals surface area contributed by atoms with E-state index < -0.39 is 0 Å².